The number of carboxylic acids is 1. The Morgan fingerprint density at radius 3 is 2.31 bits per heavy atom. The van der Waals surface area contributed by atoms with Gasteiger partial charge in [0, 0.05) is 24.5 Å². The van der Waals surface area contributed by atoms with E-state index in [0.29, 0.717) is 5.82 Å². The summed E-state index contributed by atoms with van der Waals surface area (Å²) in [5, 5.41) is 13.1. The molecule has 0 aromatic carbocycles. The van der Waals surface area contributed by atoms with E-state index in [4.69, 9.17) is 5.11 Å². The lowest BCUT2D eigenvalue weighted by molar-refractivity contribution is 0.0685. The molecule has 0 saturated carbocycles. The highest BCUT2D eigenvalue weighted by atomic mass is 16.4. The molecule has 5 nitrogen and oxygen atoms in total. The monoisotopic (exact) mass is 219 g/mol. The van der Waals surface area contributed by atoms with E-state index >= 15 is 0 Å². The summed E-state index contributed by atoms with van der Waals surface area (Å²) < 4.78 is 3.29. The lowest BCUT2D eigenvalue weighted by Crippen LogP contribution is -2.05. The summed E-state index contributed by atoms with van der Waals surface area (Å²) >= 11 is 0. The van der Waals surface area contributed by atoms with Crippen LogP contribution in [0.15, 0.2) is 18.2 Å². The van der Waals surface area contributed by atoms with Crippen molar-refractivity contribution in [3.8, 4) is 5.82 Å². The van der Waals surface area contributed by atoms with E-state index in [0.717, 1.165) is 11.4 Å². The van der Waals surface area contributed by atoms with E-state index in [1.165, 1.54) is 4.68 Å². The fourth-order valence-electron chi connectivity index (χ4n) is 1.79. The van der Waals surface area contributed by atoms with Crippen LogP contribution in [0.5, 0.6) is 0 Å². The smallest absolute Gasteiger partial charge is 0.354 e. The molecule has 0 aliphatic rings. The predicted octanol–water partition coefficient (Wildman–Crippen LogP) is 1.53. The minimum atomic E-state index is -0.969. The lowest BCUT2D eigenvalue weighted by Gasteiger charge is -2.03. The Morgan fingerprint density at radius 1 is 1.31 bits per heavy atom. The SMILES string of the molecule is Cc1ccc(C)n1-c1cc(C(=O)O)n(C)n1. The second kappa shape index (κ2) is 3.52. The molecule has 0 aliphatic heterocycles. The Labute approximate surface area is 92.9 Å². The number of nitrogens with zero attached hydrogens (tertiary/aromatic N) is 3. The fraction of sp³-hybridized carbons (Fsp3) is 0.273. The number of aryl methyl sites for hydroxylation is 3. The van der Waals surface area contributed by atoms with Gasteiger partial charge in [0.1, 0.15) is 5.69 Å². The molecule has 16 heavy (non-hydrogen) atoms. The van der Waals surface area contributed by atoms with Crippen molar-refractivity contribution in [1.29, 1.82) is 0 Å². The molecule has 0 fully saturated rings. The molecular weight excluding hydrogens is 206 g/mol. The topological polar surface area (TPSA) is 60.1 Å². The molecule has 2 rings (SSSR count). The van der Waals surface area contributed by atoms with Gasteiger partial charge in [0.25, 0.3) is 0 Å². The molecule has 0 radical (unpaired) electrons. The maximum absolute atomic E-state index is 10.9. The standard InChI is InChI=1S/C11H13N3O2/c1-7-4-5-8(2)14(7)10-6-9(11(15)16)13(3)12-10/h4-6H,1-3H3,(H,15,16). The Morgan fingerprint density at radius 2 is 1.88 bits per heavy atom. The molecule has 2 heterocycles. The van der Waals surface area contributed by atoms with Gasteiger partial charge < -0.3 is 9.67 Å². The van der Waals surface area contributed by atoms with Gasteiger partial charge in [-0.15, -0.1) is 0 Å². The van der Waals surface area contributed by atoms with Gasteiger partial charge in [-0.2, -0.15) is 5.10 Å². The molecule has 84 valence electrons. The average molecular weight is 219 g/mol. The summed E-state index contributed by atoms with van der Waals surface area (Å²) in [6.45, 7) is 3.92. The maximum Gasteiger partial charge on any atom is 0.354 e. The van der Waals surface area contributed by atoms with Crippen LogP contribution in [0.3, 0.4) is 0 Å². The molecule has 0 unspecified atom stereocenters. The molecule has 5 heteroatoms. The average Bonchev–Trinajstić information content (AvgIpc) is 2.70. The quantitative estimate of drug-likeness (QED) is 0.833. The minimum absolute atomic E-state index is 0.183. The van der Waals surface area contributed by atoms with E-state index in [1.807, 2.05) is 30.5 Å². The van der Waals surface area contributed by atoms with Crippen molar-refractivity contribution in [1.82, 2.24) is 14.3 Å². The first-order valence-corrected chi connectivity index (χ1v) is 4.93. The van der Waals surface area contributed by atoms with Crippen LogP contribution in [0.25, 0.3) is 5.82 Å². The van der Waals surface area contributed by atoms with Gasteiger partial charge in [-0.05, 0) is 26.0 Å². The van der Waals surface area contributed by atoms with Crippen molar-refractivity contribution in [2.45, 2.75) is 13.8 Å². The molecule has 2 aromatic rings. The third-order valence-electron chi connectivity index (χ3n) is 2.59. The second-order valence-electron chi connectivity index (χ2n) is 3.77. The summed E-state index contributed by atoms with van der Waals surface area (Å²) in [6, 6.07) is 5.53. The van der Waals surface area contributed by atoms with Crippen LogP contribution in [0, 0.1) is 13.8 Å². The summed E-state index contributed by atoms with van der Waals surface area (Å²) in [4.78, 5) is 10.9. The second-order valence-corrected chi connectivity index (χ2v) is 3.77. The largest absolute Gasteiger partial charge is 0.477 e. The van der Waals surface area contributed by atoms with Gasteiger partial charge in [0.15, 0.2) is 5.82 Å². The van der Waals surface area contributed by atoms with Crippen LogP contribution in [-0.2, 0) is 7.05 Å². The first-order chi connectivity index (χ1) is 7.50. The van der Waals surface area contributed by atoms with Gasteiger partial charge in [-0.3, -0.25) is 4.68 Å². The van der Waals surface area contributed by atoms with Crippen molar-refractivity contribution >= 4 is 5.97 Å². The Kier molecular flexibility index (Phi) is 2.30. The van der Waals surface area contributed by atoms with Gasteiger partial charge in [0.2, 0.25) is 0 Å². The molecule has 2 aromatic heterocycles. The molecule has 0 aliphatic carbocycles. The fourth-order valence-corrected chi connectivity index (χ4v) is 1.79. The first kappa shape index (κ1) is 10.5. The molecule has 0 saturated heterocycles. The highest BCUT2D eigenvalue weighted by molar-refractivity contribution is 5.86. The summed E-state index contributed by atoms with van der Waals surface area (Å²) in [6.07, 6.45) is 0. The van der Waals surface area contributed by atoms with Crippen LogP contribution in [0.2, 0.25) is 0 Å². The first-order valence-electron chi connectivity index (χ1n) is 4.93. The number of rotatable bonds is 2. The van der Waals surface area contributed by atoms with E-state index < -0.39 is 5.97 Å². The van der Waals surface area contributed by atoms with Gasteiger partial charge in [-0.1, -0.05) is 0 Å². The third kappa shape index (κ3) is 1.50. The highest BCUT2D eigenvalue weighted by Crippen LogP contribution is 2.15. The van der Waals surface area contributed by atoms with Crippen LogP contribution in [0.1, 0.15) is 21.9 Å². The van der Waals surface area contributed by atoms with Crippen molar-refractivity contribution < 1.29 is 9.90 Å². The number of aromatic nitrogens is 3. The zero-order valence-electron chi connectivity index (χ0n) is 9.43. The number of aromatic carboxylic acids is 1. The normalized spacial score (nSPS) is 10.7. The van der Waals surface area contributed by atoms with E-state index in [-0.39, 0.29) is 5.69 Å². The zero-order valence-corrected chi connectivity index (χ0v) is 9.43. The Bertz CT molecular complexity index is 532. The number of hydrogen-bond donors (Lipinski definition) is 1. The molecule has 1 N–H and O–H groups in total. The highest BCUT2D eigenvalue weighted by Gasteiger charge is 2.14. The van der Waals surface area contributed by atoms with Crippen LogP contribution >= 0.6 is 0 Å². The van der Waals surface area contributed by atoms with Gasteiger partial charge in [0.05, 0.1) is 0 Å². The van der Waals surface area contributed by atoms with Gasteiger partial charge in [-0.25, -0.2) is 4.79 Å². The maximum atomic E-state index is 10.9. The summed E-state index contributed by atoms with van der Waals surface area (Å²) in [7, 11) is 1.63. The van der Waals surface area contributed by atoms with E-state index in [2.05, 4.69) is 5.10 Å². The number of hydrogen-bond acceptors (Lipinski definition) is 2. The predicted molar refractivity (Wildman–Crippen MR) is 59.0 cm³/mol. The van der Waals surface area contributed by atoms with Crippen molar-refractivity contribution in [3.63, 3.8) is 0 Å². The minimum Gasteiger partial charge on any atom is -0.477 e. The molecule has 0 amide bonds. The van der Waals surface area contributed by atoms with Crippen LogP contribution in [0.4, 0.5) is 0 Å². The number of carboxylic acid groups (broad SMARTS) is 1. The van der Waals surface area contributed by atoms with Crippen LogP contribution < -0.4 is 0 Å². The Hall–Kier alpha value is -2.04. The third-order valence-corrected chi connectivity index (χ3v) is 2.59. The zero-order chi connectivity index (χ0) is 11.9. The number of carbonyl (C=O) groups is 1. The van der Waals surface area contributed by atoms with Crippen molar-refractivity contribution in [2.75, 3.05) is 0 Å². The molecular formula is C11H13N3O2. The van der Waals surface area contributed by atoms with E-state index in [1.54, 1.807) is 13.1 Å². The summed E-state index contributed by atoms with van der Waals surface area (Å²) in [5.41, 5.74) is 2.25. The van der Waals surface area contributed by atoms with Gasteiger partial charge >= 0.3 is 5.97 Å². The molecule has 0 atom stereocenters. The Balaban J connectivity index is 2.58. The summed E-state index contributed by atoms with van der Waals surface area (Å²) in [5.74, 6) is -0.330. The van der Waals surface area contributed by atoms with E-state index in [9.17, 15) is 4.79 Å². The van der Waals surface area contributed by atoms with Crippen LogP contribution in [-0.4, -0.2) is 25.4 Å². The molecule has 0 bridgehead atoms. The van der Waals surface area contributed by atoms with Crippen molar-refractivity contribution in [2.24, 2.45) is 7.05 Å². The molecule has 0 spiro atoms. The van der Waals surface area contributed by atoms with Crippen molar-refractivity contribution in [3.05, 3.63) is 35.3 Å². The lowest BCUT2D eigenvalue weighted by atomic mass is 10.4.